The summed E-state index contributed by atoms with van der Waals surface area (Å²) in [4.78, 5) is 13.0. The SMILES string of the molecule is CC/C=C\C/C=C\C/C=C\C/C=C\CCCCCCCCCCCCC(=O)NC(COC1OC(CO)C(O)C(O)C1O)C(O)/C=C/CC/C=C/CC/C=C/CCCCCCCCC. The van der Waals surface area contributed by atoms with Gasteiger partial charge in [0.15, 0.2) is 6.29 Å². The third kappa shape index (κ3) is 33.5. The van der Waals surface area contributed by atoms with Gasteiger partial charge in [-0.3, -0.25) is 4.79 Å². The molecular weight excluding hydrogens is 791 g/mol. The van der Waals surface area contributed by atoms with Crippen LogP contribution in [0.1, 0.15) is 194 Å². The highest BCUT2D eigenvalue weighted by Crippen LogP contribution is 2.22. The summed E-state index contributed by atoms with van der Waals surface area (Å²) in [7, 11) is 0. The Morgan fingerprint density at radius 2 is 1.00 bits per heavy atom. The maximum Gasteiger partial charge on any atom is 0.220 e. The lowest BCUT2D eigenvalue weighted by Crippen LogP contribution is -2.60. The molecule has 1 aliphatic rings. The largest absolute Gasteiger partial charge is 0.394 e. The van der Waals surface area contributed by atoms with Gasteiger partial charge in [-0.15, -0.1) is 0 Å². The van der Waals surface area contributed by atoms with Gasteiger partial charge < -0.3 is 40.3 Å². The maximum absolute atomic E-state index is 13.0. The van der Waals surface area contributed by atoms with Crippen molar-refractivity contribution in [2.45, 2.75) is 236 Å². The first-order chi connectivity index (χ1) is 30.8. The first kappa shape index (κ1) is 58.4. The van der Waals surface area contributed by atoms with E-state index in [4.69, 9.17) is 9.47 Å². The number of carbonyl (C=O) groups is 1. The van der Waals surface area contributed by atoms with E-state index in [0.717, 1.165) is 89.9 Å². The van der Waals surface area contributed by atoms with Gasteiger partial charge in [-0.05, 0) is 83.5 Å². The Morgan fingerprint density at radius 1 is 0.556 bits per heavy atom. The van der Waals surface area contributed by atoms with Gasteiger partial charge in [0.25, 0.3) is 0 Å². The molecule has 0 spiro atoms. The van der Waals surface area contributed by atoms with Gasteiger partial charge in [0.05, 0.1) is 25.4 Å². The minimum Gasteiger partial charge on any atom is -0.394 e. The first-order valence-corrected chi connectivity index (χ1v) is 25.3. The fourth-order valence-corrected chi connectivity index (χ4v) is 7.41. The number of hydrogen-bond donors (Lipinski definition) is 6. The Morgan fingerprint density at radius 3 is 1.52 bits per heavy atom. The molecule has 0 aliphatic carbocycles. The summed E-state index contributed by atoms with van der Waals surface area (Å²) < 4.78 is 11.2. The Bertz CT molecular complexity index is 1260. The second-order valence-corrected chi connectivity index (χ2v) is 17.2. The summed E-state index contributed by atoms with van der Waals surface area (Å²) in [5.41, 5.74) is 0. The molecule has 1 rings (SSSR count). The molecule has 0 radical (unpaired) electrons. The number of allylic oxidation sites excluding steroid dienone is 13. The summed E-state index contributed by atoms with van der Waals surface area (Å²) in [5.74, 6) is -0.200. The number of aliphatic hydroxyl groups excluding tert-OH is 5. The molecule has 362 valence electrons. The highest BCUT2D eigenvalue weighted by molar-refractivity contribution is 5.76. The molecule has 7 atom stereocenters. The Balaban J connectivity index is 2.33. The predicted octanol–water partition coefficient (Wildman–Crippen LogP) is 11.5. The quantitative estimate of drug-likeness (QED) is 0.0263. The van der Waals surface area contributed by atoms with Crippen molar-refractivity contribution in [1.29, 1.82) is 0 Å². The van der Waals surface area contributed by atoms with Gasteiger partial charge in [-0.1, -0.05) is 189 Å². The third-order valence-corrected chi connectivity index (χ3v) is 11.4. The second kappa shape index (κ2) is 43.3. The minimum atomic E-state index is -1.58. The van der Waals surface area contributed by atoms with Crippen LogP contribution in [0.2, 0.25) is 0 Å². The molecule has 1 saturated heterocycles. The van der Waals surface area contributed by atoms with Crippen molar-refractivity contribution < 1.29 is 39.8 Å². The summed E-state index contributed by atoms with van der Waals surface area (Å²) in [6.45, 7) is 3.62. The van der Waals surface area contributed by atoms with Crippen LogP contribution in [0.25, 0.3) is 0 Å². The molecule has 0 bridgehead atoms. The summed E-state index contributed by atoms with van der Waals surface area (Å²) >= 11 is 0. The van der Waals surface area contributed by atoms with Gasteiger partial charge in [0, 0.05) is 6.42 Å². The third-order valence-electron chi connectivity index (χ3n) is 11.4. The number of unbranched alkanes of at least 4 members (excludes halogenated alkanes) is 19. The molecule has 0 saturated carbocycles. The Labute approximate surface area is 384 Å². The van der Waals surface area contributed by atoms with E-state index in [2.05, 4.69) is 92.1 Å². The first-order valence-electron chi connectivity index (χ1n) is 25.3. The van der Waals surface area contributed by atoms with E-state index in [9.17, 15) is 30.3 Å². The van der Waals surface area contributed by atoms with Crippen LogP contribution in [0.3, 0.4) is 0 Å². The van der Waals surface area contributed by atoms with Crippen molar-refractivity contribution in [3.8, 4) is 0 Å². The van der Waals surface area contributed by atoms with Crippen molar-refractivity contribution in [1.82, 2.24) is 5.32 Å². The molecule has 1 aliphatic heterocycles. The van der Waals surface area contributed by atoms with Crippen LogP contribution in [0.15, 0.2) is 85.1 Å². The van der Waals surface area contributed by atoms with Crippen LogP contribution in [0.4, 0.5) is 0 Å². The van der Waals surface area contributed by atoms with Gasteiger partial charge in [-0.25, -0.2) is 0 Å². The average Bonchev–Trinajstić information content (AvgIpc) is 3.28. The smallest absolute Gasteiger partial charge is 0.220 e. The van der Waals surface area contributed by atoms with Gasteiger partial charge >= 0.3 is 0 Å². The molecule has 63 heavy (non-hydrogen) atoms. The van der Waals surface area contributed by atoms with Crippen LogP contribution in [0.5, 0.6) is 0 Å². The predicted molar refractivity (Wildman–Crippen MR) is 262 cm³/mol. The molecule has 9 nitrogen and oxygen atoms in total. The van der Waals surface area contributed by atoms with Gasteiger partial charge in [-0.2, -0.15) is 0 Å². The zero-order valence-electron chi connectivity index (χ0n) is 39.8. The molecule has 1 fully saturated rings. The van der Waals surface area contributed by atoms with Crippen LogP contribution in [-0.2, 0) is 14.3 Å². The van der Waals surface area contributed by atoms with Crippen molar-refractivity contribution in [2.75, 3.05) is 13.2 Å². The highest BCUT2D eigenvalue weighted by atomic mass is 16.7. The van der Waals surface area contributed by atoms with Crippen molar-refractivity contribution >= 4 is 5.91 Å². The lowest BCUT2D eigenvalue weighted by atomic mass is 9.99. The van der Waals surface area contributed by atoms with E-state index in [1.54, 1.807) is 6.08 Å². The highest BCUT2D eigenvalue weighted by Gasteiger charge is 2.44. The molecular formula is C54H93NO8. The van der Waals surface area contributed by atoms with E-state index in [-0.39, 0.29) is 12.5 Å². The molecule has 0 aromatic heterocycles. The number of carbonyl (C=O) groups excluding carboxylic acids is 1. The summed E-state index contributed by atoms with van der Waals surface area (Å²) in [6, 6.07) is -0.835. The van der Waals surface area contributed by atoms with E-state index >= 15 is 0 Å². The van der Waals surface area contributed by atoms with Crippen LogP contribution >= 0.6 is 0 Å². The standard InChI is InChI=1S/C54H93NO8/c1-3-5-7-9-11-13-15-17-19-21-22-23-24-25-26-28-30-32-34-36-38-40-42-44-50(58)55-47(46-62-54-53(61)52(60)51(59)49(45-56)63-54)48(57)43-41-39-37-35-33-31-29-27-20-18-16-14-12-10-8-6-4-2/h5,7,11,13,17,19-20,22-23,27,33,35,41,43,47-49,51-54,56-57,59-61H,3-4,6,8-10,12,14-16,18,21,24-26,28-32,34,36-40,42,44-46H2,1-2H3,(H,55,58)/b7-5-,13-11-,19-17-,23-22-,27-20+,35-33+,43-41+. The topological polar surface area (TPSA) is 149 Å². The minimum absolute atomic E-state index is 0.200. The molecule has 9 heteroatoms. The van der Waals surface area contributed by atoms with Crippen LogP contribution < -0.4 is 5.32 Å². The monoisotopic (exact) mass is 884 g/mol. The van der Waals surface area contributed by atoms with Crippen LogP contribution in [-0.4, -0.2) is 87.5 Å². The lowest BCUT2D eigenvalue weighted by Gasteiger charge is -2.40. The average molecular weight is 884 g/mol. The normalized spacial score (nSPS) is 20.9. The fourth-order valence-electron chi connectivity index (χ4n) is 7.41. The maximum atomic E-state index is 13.0. The van der Waals surface area contributed by atoms with Gasteiger partial charge in [0.1, 0.15) is 24.4 Å². The fraction of sp³-hybridized carbons (Fsp3) is 0.722. The number of rotatable bonds is 41. The van der Waals surface area contributed by atoms with E-state index in [0.29, 0.717) is 6.42 Å². The second-order valence-electron chi connectivity index (χ2n) is 17.2. The molecule has 1 amide bonds. The molecule has 7 unspecified atom stereocenters. The summed E-state index contributed by atoms with van der Waals surface area (Å²) in [5, 5.41) is 54.3. The van der Waals surface area contributed by atoms with Crippen LogP contribution in [0, 0.1) is 0 Å². The van der Waals surface area contributed by atoms with E-state index in [1.807, 2.05) is 6.08 Å². The zero-order chi connectivity index (χ0) is 45.9. The number of amides is 1. The van der Waals surface area contributed by atoms with Crippen molar-refractivity contribution in [3.63, 3.8) is 0 Å². The molecule has 0 aromatic rings. The molecule has 0 aromatic carbocycles. The molecule has 6 N–H and O–H groups in total. The number of ether oxygens (including phenoxy) is 2. The molecule has 1 heterocycles. The van der Waals surface area contributed by atoms with E-state index in [1.165, 1.54) is 83.5 Å². The number of nitrogens with one attached hydrogen (secondary N) is 1. The van der Waals surface area contributed by atoms with Crippen molar-refractivity contribution in [3.05, 3.63) is 85.1 Å². The lowest BCUT2D eigenvalue weighted by molar-refractivity contribution is -0.302. The number of hydrogen-bond acceptors (Lipinski definition) is 8. The number of aliphatic hydroxyl groups is 5. The zero-order valence-corrected chi connectivity index (χ0v) is 39.8. The van der Waals surface area contributed by atoms with Gasteiger partial charge in [0.2, 0.25) is 5.91 Å². The Kier molecular flexibility index (Phi) is 40.1. The van der Waals surface area contributed by atoms with E-state index < -0.39 is 49.5 Å². The Hall–Kier alpha value is -2.63. The van der Waals surface area contributed by atoms with Crippen molar-refractivity contribution in [2.24, 2.45) is 0 Å². The summed E-state index contributed by atoms with van der Waals surface area (Å²) in [6.07, 6.45) is 53.4.